The van der Waals surface area contributed by atoms with E-state index in [0.717, 1.165) is 9.87 Å². The van der Waals surface area contributed by atoms with Crippen molar-refractivity contribution in [3.8, 4) is 0 Å². The summed E-state index contributed by atoms with van der Waals surface area (Å²) in [5.74, 6) is -1.14. The van der Waals surface area contributed by atoms with Crippen molar-refractivity contribution < 1.29 is 28.0 Å². The van der Waals surface area contributed by atoms with Gasteiger partial charge in [0.1, 0.15) is 6.04 Å². The number of hydrogen-bond donors (Lipinski definition) is 3. The Morgan fingerprint density at radius 2 is 1.71 bits per heavy atom. The first-order valence-electron chi connectivity index (χ1n) is 11.0. The van der Waals surface area contributed by atoms with Crippen LogP contribution >= 0.6 is 0 Å². The number of carbonyl (C=O) groups excluding carboxylic acids is 2. The minimum atomic E-state index is -4.07. The molecule has 3 N–H and O–H groups in total. The van der Waals surface area contributed by atoms with Crippen LogP contribution < -0.4 is 10.8 Å². The molecule has 3 rings (SSSR count). The molecule has 0 bridgehead atoms. The van der Waals surface area contributed by atoms with Gasteiger partial charge < -0.3 is 10.1 Å². The molecule has 184 valence electrons. The maximum atomic E-state index is 13.4. The second-order valence-corrected chi connectivity index (χ2v) is 9.96. The number of rotatable bonds is 9. The molecule has 1 heterocycles. The zero-order valence-electron chi connectivity index (χ0n) is 19.2. The van der Waals surface area contributed by atoms with Crippen molar-refractivity contribution >= 4 is 27.5 Å². The van der Waals surface area contributed by atoms with Gasteiger partial charge >= 0.3 is 0 Å². The molecule has 10 nitrogen and oxygen atoms in total. The van der Waals surface area contributed by atoms with Crippen LogP contribution in [0.25, 0.3) is 0 Å². The number of carbonyl (C=O) groups is 2. The lowest BCUT2D eigenvalue weighted by Crippen LogP contribution is -2.50. The predicted octanol–water partition coefficient (Wildman–Crippen LogP) is 1.46. The molecule has 0 saturated carbocycles. The zero-order chi connectivity index (χ0) is 24.7. The van der Waals surface area contributed by atoms with E-state index in [1.54, 1.807) is 12.1 Å². The molecule has 0 aromatic heterocycles. The lowest BCUT2D eigenvalue weighted by Gasteiger charge is -2.31. The van der Waals surface area contributed by atoms with E-state index in [-0.39, 0.29) is 17.3 Å². The second-order valence-electron chi connectivity index (χ2n) is 8.07. The van der Waals surface area contributed by atoms with Crippen molar-refractivity contribution in [3.63, 3.8) is 0 Å². The monoisotopic (exact) mass is 490 g/mol. The SMILES string of the molecule is Cc1ccc(C(=O)Nc2ccc(S(=O)(=O)N(CCN3CCOCC3)[C@H](C)C(=O)NO)cc2)cc1. The molecule has 1 fully saturated rings. The molecule has 1 aliphatic rings. The van der Waals surface area contributed by atoms with Gasteiger partial charge in [0, 0.05) is 37.4 Å². The highest BCUT2D eigenvalue weighted by Gasteiger charge is 2.33. The van der Waals surface area contributed by atoms with Crippen molar-refractivity contribution in [2.24, 2.45) is 0 Å². The summed E-state index contributed by atoms with van der Waals surface area (Å²) in [6.07, 6.45) is 0. The van der Waals surface area contributed by atoms with Crippen LogP contribution in [-0.2, 0) is 19.6 Å². The van der Waals surface area contributed by atoms with Gasteiger partial charge in [0.05, 0.1) is 18.1 Å². The van der Waals surface area contributed by atoms with Crippen LogP contribution in [0.4, 0.5) is 5.69 Å². The number of morpholine rings is 1. The highest BCUT2D eigenvalue weighted by atomic mass is 32.2. The summed E-state index contributed by atoms with van der Waals surface area (Å²) in [6, 6.07) is 11.7. The molecule has 1 atom stereocenters. The first-order valence-corrected chi connectivity index (χ1v) is 12.4. The number of sulfonamides is 1. The fourth-order valence-electron chi connectivity index (χ4n) is 3.56. The zero-order valence-corrected chi connectivity index (χ0v) is 20.0. The third-order valence-corrected chi connectivity index (χ3v) is 7.68. The Kier molecular flexibility index (Phi) is 8.75. The molecule has 0 unspecified atom stereocenters. The van der Waals surface area contributed by atoms with E-state index in [1.165, 1.54) is 36.7 Å². The van der Waals surface area contributed by atoms with E-state index in [0.29, 0.717) is 44.1 Å². The van der Waals surface area contributed by atoms with Crippen LogP contribution in [0.5, 0.6) is 0 Å². The highest BCUT2D eigenvalue weighted by Crippen LogP contribution is 2.21. The second kappa shape index (κ2) is 11.5. The molecule has 0 radical (unpaired) electrons. The third-order valence-electron chi connectivity index (χ3n) is 5.69. The van der Waals surface area contributed by atoms with Crippen LogP contribution in [0.2, 0.25) is 0 Å². The van der Waals surface area contributed by atoms with Gasteiger partial charge in [0.2, 0.25) is 10.0 Å². The Balaban J connectivity index is 1.75. The molecule has 2 aromatic carbocycles. The molecule has 34 heavy (non-hydrogen) atoms. The average molecular weight is 491 g/mol. The van der Waals surface area contributed by atoms with Crippen molar-refractivity contribution in [2.75, 3.05) is 44.7 Å². The van der Waals surface area contributed by atoms with E-state index < -0.39 is 22.0 Å². The summed E-state index contributed by atoms with van der Waals surface area (Å²) < 4.78 is 33.2. The minimum Gasteiger partial charge on any atom is -0.379 e. The number of amides is 2. The van der Waals surface area contributed by atoms with E-state index in [9.17, 15) is 18.0 Å². The number of hydrogen-bond acceptors (Lipinski definition) is 7. The average Bonchev–Trinajstić information content (AvgIpc) is 2.84. The van der Waals surface area contributed by atoms with Crippen LogP contribution in [-0.4, -0.2) is 80.1 Å². The van der Waals surface area contributed by atoms with Gasteiger partial charge in [0.25, 0.3) is 11.8 Å². The number of anilines is 1. The van der Waals surface area contributed by atoms with Crippen LogP contribution in [0.15, 0.2) is 53.4 Å². The molecule has 2 aromatic rings. The van der Waals surface area contributed by atoms with Crippen LogP contribution in [0.3, 0.4) is 0 Å². The standard InChI is InChI=1S/C23H30N4O6S/c1-17-3-5-19(6-4-17)23(29)24-20-7-9-21(10-8-20)34(31,32)27(18(2)22(28)25-30)12-11-26-13-15-33-16-14-26/h3-10,18,30H,11-16H2,1-2H3,(H,24,29)(H,25,28)/t18-/m1/s1. The van der Waals surface area contributed by atoms with Gasteiger partial charge in [-0.1, -0.05) is 17.7 Å². The fourth-order valence-corrected chi connectivity index (χ4v) is 5.15. The summed E-state index contributed by atoms with van der Waals surface area (Å²) in [6.45, 7) is 6.28. The molecule has 1 saturated heterocycles. The summed E-state index contributed by atoms with van der Waals surface area (Å²) in [4.78, 5) is 26.5. The van der Waals surface area contributed by atoms with Gasteiger partial charge in [-0.2, -0.15) is 4.31 Å². The third kappa shape index (κ3) is 6.39. The Morgan fingerprint density at radius 3 is 2.29 bits per heavy atom. The maximum absolute atomic E-state index is 13.4. The van der Waals surface area contributed by atoms with Gasteiger partial charge in [-0.05, 0) is 50.2 Å². The van der Waals surface area contributed by atoms with E-state index >= 15 is 0 Å². The Morgan fingerprint density at radius 1 is 1.09 bits per heavy atom. The molecule has 2 amide bonds. The van der Waals surface area contributed by atoms with Crippen LogP contribution in [0.1, 0.15) is 22.8 Å². The number of ether oxygens (including phenoxy) is 1. The maximum Gasteiger partial charge on any atom is 0.261 e. The van der Waals surface area contributed by atoms with Crippen molar-refractivity contribution in [1.29, 1.82) is 0 Å². The molecular weight excluding hydrogens is 460 g/mol. The number of hydroxylamine groups is 1. The van der Waals surface area contributed by atoms with Crippen molar-refractivity contribution in [2.45, 2.75) is 24.8 Å². The van der Waals surface area contributed by atoms with Crippen molar-refractivity contribution in [1.82, 2.24) is 14.7 Å². The summed E-state index contributed by atoms with van der Waals surface area (Å²) in [7, 11) is -4.07. The fraction of sp³-hybridized carbons (Fsp3) is 0.391. The van der Waals surface area contributed by atoms with Gasteiger partial charge in [0.15, 0.2) is 0 Å². The summed E-state index contributed by atoms with van der Waals surface area (Å²) in [5, 5.41) is 11.8. The molecule has 0 spiro atoms. The van der Waals surface area contributed by atoms with Gasteiger partial charge in [-0.3, -0.25) is 19.7 Å². The van der Waals surface area contributed by atoms with Crippen molar-refractivity contribution in [3.05, 3.63) is 59.7 Å². The van der Waals surface area contributed by atoms with Gasteiger partial charge in [-0.25, -0.2) is 13.9 Å². The summed E-state index contributed by atoms with van der Waals surface area (Å²) >= 11 is 0. The molecular formula is C23H30N4O6S. The first kappa shape index (κ1) is 25.8. The largest absolute Gasteiger partial charge is 0.379 e. The van der Waals surface area contributed by atoms with E-state index in [1.807, 2.05) is 19.1 Å². The molecule has 11 heteroatoms. The Bertz CT molecular complexity index is 1080. The topological polar surface area (TPSA) is 128 Å². The minimum absolute atomic E-state index is 0.0274. The number of aryl methyl sites for hydroxylation is 1. The normalized spacial score (nSPS) is 15.6. The Labute approximate surface area is 199 Å². The lowest BCUT2D eigenvalue weighted by molar-refractivity contribution is -0.132. The molecule has 1 aliphatic heterocycles. The highest BCUT2D eigenvalue weighted by molar-refractivity contribution is 7.89. The number of benzene rings is 2. The van der Waals surface area contributed by atoms with Gasteiger partial charge in [-0.15, -0.1) is 0 Å². The van der Waals surface area contributed by atoms with E-state index in [4.69, 9.17) is 9.94 Å². The lowest BCUT2D eigenvalue weighted by atomic mass is 10.1. The van der Waals surface area contributed by atoms with E-state index in [2.05, 4.69) is 10.2 Å². The molecule has 0 aliphatic carbocycles. The summed E-state index contributed by atoms with van der Waals surface area (Å²) in [5.41, 5.74) is 3.49. The first-order chi connectivity index (χ1) is 16.2. The smallest absolute Gasteiger partial charge is 0.261 e. The van der Waals surface area contributed by atoms with Crippen LogP contribution in [0, 0.1) is 6.92 Å². The predicted molar refractivity (Wildman–Crippen MR) is 126 cm³/mol. The quantitative estimate of drug-likeness (QED) is 0.359. The Hall–Kier alpha value is -2.83. The number of nitrogens with one attached hydrogen (secondary N) is 2. The number of nitrogens with zero attached hydrogens (tertiary/aromatic N) is 2.